The van der Waals surface area contributed by atoms with E-state index in [0.717, 1.165) is 12.8 Å². The molecule has 0 aromatic carbocycles. The van der Waals surface area contributed by atoms with Gasteiger partial charge >= 0.3 is 0 Å². The summed E-state index contributed by atoms with van der Waals surface area (Å²) in [5.74, 6) is 0. The molecule has 0 heterocycles. The molecule has 1 radical (unpaired) electrons. The minimum atomic E-state index is -0.284. The summed E-state index contributed by atoms with van der Waals surface area (Å²) in [7, 11) is 0. The van der Waals surface area contributed by atoms with Crippen LogP contribution in [0.2, 0.25) is 0 Å². The third kappa shape index (κ3) is 3.95. The van der Waals surface area contributed by atoms with Crippen molar-refractivity contribution in [3.05, 3.63) is 12.7 Å². The number of hydrogen-bond donors (Lipinski definition) is 0. The van der Waals surface area contributed by atoms with E-state index >= 15 is 0 Å². The van der Waals surface area contributed by atoms with Crippen molar-refractivity contribution in [2.45, 2.75) is 26.7 Å². The lowest BCUT2D eigenvalue weighted by Gasteiger charge is -2.12. The first-order chi connectivity index (χ1) is 4.12. The summed E-state index contributed by atoms with van der Waals surface area (Å²) in [5.41, 5.74) is -0.284. The Bertz CT molecular complexity index is 103. The van der Waals surface area contributed by atoms with Gasteiger partial charge in [0.2, 0.25) is 6.29 Å². The van der Waals surface area contributed by atoms with E-state index in [4.69, 9.17) is 0 Å². The SMILES string of the molecule is C=CCCC(C)(C)[C]=O. The highest BCUT2D eigenvalue weighted by Gasteiger charge is 2.15. The summed E-state index contributed by atoms with van der Waals surface area (Å²) in [5, 5.41) is 0. The molecule has 0 rings (SSSR count). The minimum absolute atomic E-state index is 0.284. The molecule has 0 bridgehead atoms. The molecule has 9 heavy (non-hydrogen) atoms. The van der Waals surface area contributed by atoms with Crippen LogP contribution < -0.4 is 0 Å². The quantitative estimate of drug-likeness (QED) is 0.526. The van der Waals surface area contributed by atoms with E-state index in [-0.39, 0.29) is 5.41 Å². The average molecular weight is 125 g/mol. The molecule has 0 atom stereocenters. The van der Waals surface area contributed by atoms with E-state index in [2.05, 4.69) is 6.58 Å². The van der Waals surface area contributed by atoms with Gasteiger partial charge in [0.05, 0.1) is 0 Å². The van der Waals surface area contributed by atoms with Crippen LogP contribution in [0, 0.1) is 5.41 Å². The van der Waals surface area contributed by atoms with Crippen LogP contribution in [-0.4, -0.2) is 6.29 Å². The second kappa shape index (κ2) is 3.44. The molecule has 0 aliphatic carbocycles. The normalized spacial score (nSPS) is 10.9. The summed E-state index contributed by atoms with van der Waals surface area (Å²) in [6.07, 6.45) is 5.54. The zero-order valence-corrected chi connectivity index (χ0v) is 6.11. The Balaban J connectivity index is 3.57. The van der Waals surface area contributed by atoms with Crippen molar-refractivity contribution in [3.63, 3.8) is 0 Å². The van der Waals surface area contributed by atoms with Crippen molar-refractivity contribution in [1.29, 1.82) is 0 Å². The van der Waals surface area contributed by atoms with Gasteiger partial charge in [-0.25, -0.2) is 0 Å². The summed E-state index contributed by atoms with van der Waals surface area (Å²) in [6.45, 7) is 7.33. The number of hydrogen-bond acceptors (Lipinski definition) is 1. The van der Waals surface area contributed by atoms with Crippen molar-refractivity contribution in [2.75, 3.05) is 0 Å². The molecule has 0 aromatic heterocycles. The predicted octanol–water partition coefficient (Wildman–Crippen LogP) is 2.09. The molecule has 1 heteroatoms. The van der Waals surface area contributed by atoms with Crippen molar-refractivity contribution >= 4 is 6.29 Å². The molecule has 0 N–H and O–H groups in total. The fourth-order valence-electron chi connectivity index (χ4n) is 0.514. The molecule has 0 aromatic rings. The van der Waals surface area contributed by atoms with E-state index in [1.54, 1.807) is 0 Å². The second-order valence-corrected chi connectivity index (χ2v) is 2.81. The van der Waals surface area contributed by atoms with Crippen LogP contribution in [0.5, 0.6) is 0 Å². The van der Waals surface area contributed by atoms with Gasteiger partial charge in [0.1, 0.15) is 0 Å². The average Bonchev–Trinajstić information content (AvgIpc) is 1.84. The Morgan fingerprint density at radius 3 is 2.56 bits per heavy atom. The van der Waals surface area contributed by atoms with Gasteiger partial charge < -0.3 is 0 Å². The Kier molecular flexibility index (Phi) is 3.21. The molecule has 0 aliphatic rings. The molecule has 0 spiro atoms. The number of carbonyl (C=O) groups excluding carboxylic acids is 1. The molecule has 0 fully saturated rings. The molecule has 51 valence electrons. The topological polar surface area (TPSA) is 17.1 Å². The Morgan fingerprint density at radius 2 is 2.22 bits per heavy atom. The van der Waals surface area contributed by atoms with Crippen molar-refractivity contribution in [2.24, 2.45) is 5.41 Å². The monoisotopic (exact) mass is 125 g/mol. The predicted molar refractivity (Wildman–Crippen MR) is 38.9 cm³/mol. The lowest BCUT2D eigenvalue weighted by Crippen LogP contribution is -2.11. The molecular weight excluding hydrogens is 112 g/mol. The zero-order valence-electron chi connectivity index (χ0n) is 6.11. The van der Waals surface area contributed by atoms with E-state index in [9.17, 15) is 4.79 Å². The molecule has 1 nitrogen and oxygen atoms in total. The highest BCUT2D eigenvalue weighted by atomic mass is 16.1. The first-order valence-corrected chi connectivity index (χ1v) is 3.12. The lowest BCUT2D eigenvalue weighted by atomic mass is 9.90. The van der Waals surface area contributed by atoms with E-state index in [1.807, 2.05) is 26.2 Å². The molecule has 0 saturated heterocycles. The Morgan fingerprint density at radius 1 is 1.67 bits per heavy atom. The van der Waals surface area contributed by atoms with E-state index < -0.39 is 0 Å². The van der Waals surface area contributed by atoms with Gasteiger partial charge in [-0.05, 0) is 12.8 Å². The first kappa shape index (κ1) is 8.41. The van der Waals surface area contributed by atoms with Crippen molar-refractivity contribution < 1.29 is 4.79 Å². The Labute approximate surface area is 56.8 Å². The second-order valence-electron chi connectivity index (χ2n) is 2.81. The smallest absolute Gasteiger partial charge is 0.204 e. The minimum Gasteiger partial charge on any atom is -0.290 e. The lowest BCUT2D eigenvalue weighted by molar-refractivity contribution is 0.427. The van der Waals surface area contributed by atoms with Crippen molar-refractivity contribution in [1.82, 2.24) is 0 Å². The van der Waals surface area contributed by atoms with Crippen LogP contribution in [0.15, 0.2) is 12.7 Å². The summed E-state index contributed by atoms with van der Waals surface area (Å²) >= 11 is 0. The molecule has 0 saturated carbocycles. The molecular formula is C8H13O. The largest absolute Gasteiger partial charge is 0.290 e. The third-order valence-electron chi connectivity index (χ3n) is 1.25. The maximum atomic E-state index is 10.2. The standard InChI is InChI=1S/C8H13O/c1-4-5-6-8(2,3)7-9/h4H,1,5-6H2,2-3H3. The Hall–Kier alpha value is -0.590. The molecule has 0 unspecified atom stereocenters. The van der Waals surface area contributed by atoms with Crippen molar-refractivity contribution in [3.8, 4) is 0 Å². The zero-order chi connectivity index (χ0) is 7.33. The van der Waals surface area contributed by atoms with Gasteiger partial charge in [0.25, 0.3) is 0 Å². The van der Waals surface area contributed by atoms with Gasteiger partial charge in [-0.3, -0.25) is 4.79 Å². The summed E-state index contributed by atoms with van der Waals surface area (Å²) in [4.78, 5) is 10.2. The summed E-state index contributed by atoms with van der Waals surface area (Å²) < 4.78 is 0. The molecule has 0 aliphatic heterocycles. The fourth-order valence-corrected chi connectivity index (χ4v) is 0.514. The fraction of sp³-hybridized carbons (Fsp3) is 0.625. The van der Waals surface area contributed by atoms with E-state index in [0.29, 0.717) is 0 Å². The highest BCUT2D eigenvalue weighted by molar-refractivity contribution is 5.58. The van der Waals surface area contributed by atoms with Crippen LogP contribution in [0.3, 0.4) is 0 Å². The van der Waals surface area contributed by atoms with Crippen LogP contribution in [0.25, 0.3) is 0 Å². The van der Waals surface area contributed by atoms with Crippen LogP contribution >= 0.6 is 0 Å². The summed E-state index contributed by atoms with van der Waals surface area (Å²) in [6, 6.07) is 0. The van der Waals surface area contributed by atoms with Crippen LogP contribution in [0.4, 0.5) is 0 Å². The van der Waals surface area contributed by atoms with Gasteiger partial charge in [-0.2, -0.15) is 0 Å². The van der Waals surface area contributed by atoms with Gasteiger partial charge in [0, 0.05) is 5.41 Å². The maximum absolute atomic E-state index is 10.2. The van der Waals surface area contributed by atoms with E-state index in [1.165, 1.54) is 0 Å². The van der Waals surface area contributed by atoms with Crippen LogP contribution in [0.1, 0.15) is 26.7 Å². The molecule has 0 amide bonds. The highest BCUT2D eigenvalue weighted by Crippen LogP contribution is 2.18. The van der Waals surface area contributed by atoms with Gasteiger partial charge in [-0.1, -0.05) is 19.9 Å². The third-order valence-corrected chi connectivity index (χ3v) is 1.25. The van der Waals surface area contributed by atoms with Gasteiger partial charge in [-0.15, -0.1) is 6.58 Å². The van der Waals surface area contributed by atoms with Crippen LogP contribution in [-0.2, 0) is 4.79 Å². The number of allylic oxidation sites excluding steroid dienone is 1. The number of rotatable bonds is 4. The maximum Gasteiger partial charge on any atom is 0.204 e. The van der Waals surface area contributed by atoms with Gasteiger partial charge in [0.15, 0.2) is 0 Å². The first-order valence-electron chi connectivity index (χ1n) is 3.12.